The van der Waals surface area contributed by atoms with Gasteiger partial charge in [0.15, 0.2) is 6.10 Å². The van der Waals surface area contributed by atoms with Crippen molar-refractivity contribution in [2.24, 2.45) is 0 Å². The molecule has 1 atom stereocenters. The van der Waals surface area contributed by atoms with Crippen molar-refractivity contribution in [1.82, 2.24) is 0 Å². The highest BCUT2D eigenvalue weighted by Crippen LogP contribution is 2.18. The number of hydrogen-bond acceptors (Lipinski definition) is 5. The van der Waals surface area contributed by atoms with Crippen LogP contribution in [0.4, 0.5) is 0 Å². The Morgan fingerprint density at radius 1 is 0.297 bits per heavy atom. The minimum absolute atomic E-state index is 0.0937. The summed E-state index contributed by atoms with van der Waals surface area (Å²) in [4.78, 5) is 25.7. The highest BCUT2D eigenvalue weighted by molar-refractivity contribution is 5.70. The summed E-state index contributed by atoms with van der Waals surface area (Å²) in [5, 5.41) is 0. The van der Waals surface area contributed by atoms with Gasteiger partial charge in [0.05, 0.1) is 6.61 Å². The average molecular weight is 1040 g/mol. The molecule has 0 amide bonds. The van der Waals surface area contributed by atoms with Crippen LogP contribution in [-0.2, 0) is 23.8 Å². The number of carbonyl (C=O) groups excluding carboxylic acids is 2. The van der Waals surface area contributed by atoms with Crippen molar-refractivity contribution in [1.29, 1.82) is 0 Å². The van der Waals surface area contributed by atoms with E-state index >= 15 is 0 Å². The maximum Gasteiger partial charge on any atom is 0.306 e. The second-order valence-electron chi connectivity index (χ2n) is 23.1. The Kier molecular flexibility index (Phi) is 64.2. The number of hydrogen-bond donors (Lipinski definition) is 0. The molecular weight excluding hydrogens is 909 g/mol. The monoisotopic (exact) mass is 1040 g/mol. The first kappa shape index (κ1) is 72.4. The minimum Gasteiger partial charge on any atom is -0.462 e. The van der Waals surface area contributed by atoms with Crippen LogP contribution in [0.3, 0.4) is 0 Å². The number of ether oxygens (including phenoxy) is 3. The van der Waals surface area contributed by atoms with Crippen molar-refractivity contribution in [3.63, 3.8) is 0 Å². The number of carbonyl (C=O) groups is 2. The van der Waals surface area contributed by atoms with Gasteiger partial charge in [-0.25, -0.2) is 0 Å². The Hall–Kier alpha value is -1.62. The van der Waals surface area contributed by atoms with Gasteiger partial charge in [0.25, 0.3) is 0 Å². The molecular formula is C69H132O5. The number of unbranched alkanes of at least 4 members (excludes halogenated alkanes) is 49. The van der Waals surface area contributed by atoms with Gasteiger partial charge in [0.1, 0.15) is 6.61 Å². The van der Waals surface area contributed by atoms with Gasteiger partial charge >= 0.3 is 11.9 Å². The van der Waals surface area contributed by atoms with Gasteiger partial charge in [-0.05, 0) is 51.4 Å². The summed E-state index contributed by atoms with van der Waals surface area (Å²) in [6.07, 6.45) is 80.8. The van der Waals surface area contributed by atoms with E-state index < -0.39 is 6.10 Å². The SMILES string of the molecule is CCCCC/C=C\C/C=C\CCCCCCCCCCCCOCC(COC(=O)CCCCCCCCCCCCCCCCCCCCC)OC(=O)CCCCCCCCCCCCCCCCCCCCC. The molecule has 0 aromatic carbocycles. The van der Waals surface area contributed by atoms with Gasteiger partial charge in [0.2, 0.25) is 0 Å². The van der Waals surface area contributed by atoms with Crippen LogP contribution in [0, 0.1) is 0 Å². The largest absolute Gasteiger partial charge is 0.462 e. The van der Waals surface area contributed by atoms with E-state index in [1.54, 1.807) is 0 Å². The first-order valence-electron chi connectivity index (χ1n) is 33.9. The van der Waals surface area contributed by atoms with E-state index in [4.69, 9.17) is 14.2 Å². The van der Waals surface area contributed by atoms with E-state index in [1.165, 1.54) is 308 Å². The summed E-state index contributed by atoms with van der Waals surface area (Å²) < 4.78 is 17.6. The number of esters is 2. The molecule has 0 N–H and O–H groups in total. The van der Waals surface area contributed by atoms with Gasteiger partial charge in [0, 0.05) is 19.4 Å². The zero-order valence-corrected chi connectivity index (χ0v) is 50.6. The quantitative estimate of drug-likeness (QED) is 0.0345. The molecule has 0 aromatic rings. The summed E-state index contributed by atoms with van der Waals surface area (Å²) in [7, 11) is 0. The molecule has 74 heavy (non-hydrogen) atoms. The van der Waals surface area contributed by atoms with E-state index in [2.05, 4.69) is 45.1 Å². The molecule has 0 aliphatic heterocycles. The smallest absolute Gasteiger partial charge is 0.306 e. The summed E-state index contributed by atoms with van der Waals surface area (Å²) in [6, 6.07) is 0. The molecule has 0 bridgehead atoms. The van der Waals surface area contributed by atoms with Gasteiger partial charge in [-0.15, -0.1) is 0 Å². The molecule has 0 rings (SSSR count). The molecule has 0 heterocycles. The van der Waals surface area contributed by atoms with Crippen LogP contribution in [0.5, 0.6) is 0 Å². The lowest BCUT2D eigenvalue weighted by Gasteiger charge is -2.18. The zero-order chi connectivity index (χ0) is 53.4. The van der Waals surface area contributed by atoms with Gasteiger partial charge < -0.3 is 14.2 Å². The van der Waals surface area contributed by atoms with Crippen molar-refractivity contribution in [3.05, 3.63) is 24.3 Å². The molecule has 0 spiro atoms. The maximum absolute atomic E-state index is 12.9. The molecule has 0 fully saturated rings. The van der Waals surface area contributed by atoms with Crippen LogP contribution in [-0.4, -0.2) is 37.9 Å². The van der Waals surface area contributed by atoms with Crippen LogP contribution < -0.4 is 0 Å². The molecule has 5 heteroatoms. The molecule has 0 radical (unpaired) electrons. The van der Waals surface area contributed by atoms with E-state index in [1.807, 2.05) is 0 Å². The van der Waals surface area contributed by atoms with Crippen molar-refractivity contribution >= 4 is 11.9 Å². The number of rotatable bonds is 64. The molecule has 0 saturated heterocycles. The Balaban J connectivity index is 4.21. The van der Waals surface area contributed by atoms with Crippen molar-refractivity contribution < 1.29 is 23.8 Å². The average Bonchev–Trinajstić information content (AvgIpc) is 3.40. The van der Waals surface area contributed by atoms with Crippen LogP contribution in [0.2, 0.25) is 0 Å². The third-order valence-electron chi connectivity index (χ3n) is 15.5. The van der Waals surface area contributed by atoms with Gasteiger partial charge in [-0.2, -0.15) is 0 Å². The third-order valence-corrected chi connectivity index (χ3v) is 15.5. The van der Waals surface area contributed by atoms with Crippen LogP contribution in [0.15, 0.2) is 24.3 Å². The molecule has 0 aliphatic carbocycles. The molecule has 0 aliphatic rings. The summed E-state index contributed by atoms with van der Waals surface area (Å²) in [5.74, 6) is -0.366. The molecule has 0 saturated carbocycles. The summed E-state index contributed by atoms with van der Waals surface area (Å²) >= 11 is 0. The van der Waals surface area contributed by atoms with Crippen molar-refractivity contribution in [3.8, 4) is 0 Å². The van der Waals surface area contributed by atoms with E-state index in [-0.39, 0.29) is 18.5 Å². The molecule has 5 nitrogen and oxygen atoms in total. The van der Waals surface area contributed by atoms with E-state index in [0.29, 0.717) is 26.1 Å². The van der Waals surface area contributed by atoms with Crippen LogP contribution in [0.1, 0.15) is 380 Å². The maximum atomic E-state index is 12.9. The van der Waals surface area contributed by atoms with Crippen LogP contribution in [0.25, 0.3) is 0 Å². The lowest BCUT2D eigenvalue weighted by Crippen LogP contribution is -2.30. The highest BCUT2D eigenvalue weighted by atomic mass is 16.6. The fourth-order valence-electron chi connectivity index (χ4n) is 10.4. The standard InChI is InChI=1S/C69H132O5/c1-4-7-10-13-16-19-22-25-28-31-34-37-40-43-46-49-52-55-58-61-64-72-65-67(74-69(71)63-60-57-54-51-48-45-42-39-36-33-30-27-24-21-18-15-12-9-6-3)66-73-68(70)62-59-56-53-50-47-44-41-38-35-32-29-26-23-20-17-14-11-8-5-2/h16,19,25,28,67H,4-15,17-18,20-24,26-27,29-66H2,1-3H3/b19-16-,28-25-. The van der Waals surface area contributed by atoms with Gasteiger partial charge in [-0.1, -0.05) is 340 Å². The normalized spacial score (nSPS) is 12.2. The predicted molar refractivity (Wildman–Crippen MR) is 326 cm³/mol. The first-order chi connectivity index (χ1) is 36.6. The fourth-order valence-corrected chi connectivity index (χ4v) is 10.4. The van der Waals surface area contributed by atoms with Crippen molar-refractivity contribution in [2.75, 3.05) is 19.8 Å². The molecule has 438 valence electrons. The van der Waals surface area contributed by atoms with E-state index in [0.717, 1.165) is 38.5 Å². The Bertz CT molecular complexity index is 1130. The highest BCUT2D eigenvalue weighted by Gasteiger charge is 2.18. The Morgan fingerprint density at radius 3 is 0.919 bits per heavy atom. The van der Waals surface area contributed by atoms with Gasteiger partial charge in [-0.3, -0.25) is 9.59 Å². The summed E-state index contributed by atoms with van der Waals surface area (Å²) in [6.45, 7) is 7.90. The fraction of sp³-hybridized carbons (Fsp3) is 0.913. The van der Waals surface area contributed by atoms with Crippen molar-refractivity contribution in [2.45, 2.75) is 386 Å². The topological polar surface area (TPSA) is 61.8 Å². The Labute approximate surface area is 464 Å². The zero-order valence-electron chi connectivity index (χ0n) is 50.6. The van der Waals surface area contributed by atoms with Crippen LogP contribution >= 0.6 is 0 Å². The second kappa shape index (κ2) is 65.7. The predicted octanol–water partition coefficient (Wildman–Crippen LogP) is 23.5. The Morgan fingerprint density at radius 2 is 0.568 bits per heavy atom. The third kappa shape index (κ3) is 62.9. The lowest BCUT2D eigenvalue weighted by molar-refractivity contribution is -0.163. The summed E-state index contributed by atoms with van der Waals surface area (Å²) in [5.41, 5.74) is 0. The first-order valence-corrected chi connectivity index (χ1v) is 33.9. The number of allylic oxidation sites excluding steroid dienone is 4. The second-order valence-corrected chi connectivity index (χ2v) is 23.1. The molecule has 0 aromatic heterocycles. The lowest BCUT2D eigenvalue weighted by atomic mass is 10.0. The van der Waals surface area contributed by atoms with E-state index in [9.17, 15) is 9.59 Å². The minimum atomic E-state index is -0.532. The molecule has 1 unspecified atom stereocenters.